The first kappa shape index (κ1) is 22.8. The minimum absolute atomic E-state index is 0.306. The van der Waals surface area contributed by atoms with Gasteiger partial charge in [-0.05, 0) is 32.6 Å². The fourth-order valence-electron chi connectivity index (χ4n) is 3.65. The minimum atomic E-state index is -0.340. The Morgan fingerprint density at radius 2 is 1.88 bits per heavy atom. The van der Waals surface area contributed by atoms with Crippen molar-refractivity contribution in [3.05, 3.63) is 0 Å². The van der Waals surface area contributed by atoms with E-state index in [1.807, 2.05) is 6.92 Å². The van der Waals surface area contributed by atoms with Gasteiger partial charge in [0.25, 0.3) is 0 Å². The molecule has 5 heteroatoms. The van der Waals surface area contributed by atoms with Crippen LogP contribution in [-0.2, 0) is 18.9 Å². The Labute approximate surface area is 155 Å². The van der Waals surface area contributed by atoms with Crippen LogP contribution in [0.2, 0.25) is 0 Å². The summed E-state index contributed by atoms with van der Waals surface area (Å²) in [5, 5.41) is 0. The molecule has 0 N–H and O–H groups in total. The molecule has 3 unspecified atom stereocenters. The average Bonchev–Trinajstić information content (AvgIpc) is 3.00. The van der Waals surface area contributed by atoms with Crippen molar-refractivity contribution in [3.8, 4) is 0 Å². The summed E-state index contributed by atoms with van der Waals surface area (Å²) in [7, 11) is 1.76. The van der Waals surface area contributed by atoms with Crippen molar-refractivity contribution in [1.82, 2.24) is 4.90 Å². The van der Waals surface area contributed by atoms with Crippen LogP contribution >= 0.6 is 0 Å². The molecule has 5 nitrogen and oxygen atoms in total. The Bertz CT molecular complexity index is 323. The Kier molecular flexibility index (Phi) is 11.9. The highest BCUT2D eigenvalue weighted by atomic mass is 16.7. The molecular weight excluding hydrogens is 318 g/mol. The molecule has 0 radical (unpaired) electrons. The van der Waals surface area contributed by atoms with Crippen molar-refractivity contribution in [2.45, 2.75) is 71.7 Å². The molecule has 0 amide bonds. The fraction of sp³-hybridized carbons (Fsp3) is 1.00. The van der Waals surface area contributed by atoms with Crippen LogP contribution in [0.15, 0.2) is 0 Å². The zero-order valence-corrected chi connectivity index (χ0v) is 17.2. The molecule has 0 aromatic carbocycles. The van der Waals surface area contributed by atoms with Crippen molar-refractivity contribution < 1.29 is 18.9 Å². The highest BCUT2D eigenvalue weighted by molar-refractivity contribution is 4.84. The lowest BCUT2D eigenvalue weighted by Gasteiger charge is -2.28. The molecule has 0 aromatic heterocycles. The lowest BCUT2D eigenvalue weighted by molar-refractivity contribution is -0.216. The van der Waals surface area contributed by atoms with Crippen molar-refractivity contribution in [3.63, 3.8) is 0 Å². The van der Waals surface area contributed by atoms with E-state index in [0.717, 1.165) is 58.7 Å². The molecule has 0 aromatic rings. The van der Waals surface area contributed by atoms with Gasteiger partial charge in [0.2, 0.25) is 0 Å². The normalized spacial score (nSPS) is 28.4. The molecule has 1 heterocycles. The van der Waals surface area contributed by atoms with E-state index in [1.54, 1.807) is 7.11 Å². The van der Waals surface area contributed by atoms with E-state index >= 15 is 0 Å². The van der Waals surface area contributed by atoms with Crippen LogP contribution in [0.3, 0.4) is 0 Å². The van der Waals surface area contributed by atoms with Gasteiger partial charge in [-0.1, -0.05) is 20.3 Å². The topological polar surface area (TPSA) is 40.2 Å². The highest BCUT2D eigenvalue weighted by Crippen LogP contribution is 2.40. The minimum Gasteiger partial charge on any atom is -0.379 e. The smallest absolute Gasteiger partial charge is 0.168 e. The summed E-state index contributed by atoms with van der Waals surface area (Å²) < 4.78 is 22.8. The Balaban J connectivity index is 0.000000970. The lowest BCUT2D eigenvalue weighted by Crippen LogP contribution is -2.38. The van der Waals surface area contributed by atoms with Gasteiger partial charge in [0.15, 0.2) is 5.79 Å². The second-order valence-electron chi connectivity index (χ2n) is 7.23. The largest absolute Gasteiger partial charge is 0.379 e. The van der Waals surface area contributed by atoms with E-state index in [-0.39, 0.29) is 5.79 Å². The van der Waals surface area contributed by atoms with Gasteiger partial charge in [0, 0.05) is 46.2 Å². The van der Waals surface area contributed by atoms with Crippen molar-refractivity contribution >= 4 is 0 Å². The van der Waals surface area contributed by atoms with Gasteiger partial charge in [-0.3, -0.25) is 4.90 Å². The summed E-state index contributed by atoms with van der Waals surface area (Å²) in [6.45, 7) is 14.8. The summed E-state index contributed by atoms with van der Waals surface area (Å²) in [6.07, 6.45) is 5.82. The Morgan fingerprint density at radius 3 is 2.48 bits per heavy atom. The van der Waals surface area contributed by atoms with Gasteiger partial charge >= 0.3 is 0 Å². The first-order chi connectivity index (χ1) is 12.1. The Morgan fingerprint density at radius 1 is 1.20 bits per heavy atom. The quantitative estimate of drug-likeness (QED) is 0.587. The summed E-state index contributed by atoms with van der Waals surface area (Å²) in [4.78, 5) is 2.41. The molecule has 2 fully saturated rings. The van der Waals surface area contributed by atoms with E-state index in [0.29, 0.717) is 18.6 Å². The van der Waals surface area contributed by atoms with Crippen LogP contribution in [-0.4, -0.2) is 70.0 Å². The highest BCUT2D eigenvalue weighted by Gasteiger charge is 2.40. The third kappa shape index (κ3) is 8.83. The number of nitrogens with zero attached hydrogens (tertiary/aromatic N) is 1. The number of hydrogen-bond acceptors (Lipinski definition) is 5. The molecule has 1 aliphatic heterocycles. The number of rotatable bonds is 9. The zero-order chi connectivity index (χ0) is 18.5. The van der Waals surface area contributed by atoms with Crippen LogP contribution in [0.1, 0.15) is 59.8 Å². The van der Waals surface area contributed by atoms with Gasteiger partial charge in [0.1, 0.15) is 0 Å². The summed E-state index contributed by atoms with van der Waals surface area (Å²) in [5.74, 6) is 0.303. The Hall–Kier alpha value is -0.200. The van der Waals surface area contributed by atoms with Gasteiger partial charge in [0.05, 0.1) is 25.9 Å². The maximum absolute atomic E-state index is 6.00. The summed E-state index contributed by atoms with van der Waals surface area (Å²) >= 11 is 0. The van der Waals surface area contributed by atoms with E-state index < -0.39 is 0 Å². The third-order valence-electron chi connectivity index (χ3n) is 4.89. The molecule has 1 aliphatic carbocycles. The first-order valence-corrected chi connectivity index (χ1v) is 10.2. The van der Waals surface area contributed by atoms with E-state index in [2.05, 4.69) is 25.7 Å². The predicted octanol–water partition coefficient (Wildman–Crippen LogP) is 3.71. The van der Waals surface area contributed by atoms with Crippen molar-refractivity contribution in [2.75, 3.05) is 53.2 Å². The van der Waals surface area contributed by atoms with E-state index in [4.69, 9.17) is 18.9 Å². The van der Waals surface area contributed by atoms with Crippen LogP contribution in [0, 0.1) is 5.92 Å². The van der Waals surface area contributed by atoms with E-state index in [1.165, 1.54) is 12.8 Å². The standard InChI is InChI=1S/C17H33NO4.C3H8/c1-4-22-17(19-3)6-5-16(14-17)13-15(2)21-12-9-18-7-10-20-11-8-18;1-3-2/h15-16H,4-14H2,1-3H3;3H2,1-2H3. The fourth-order valence-corrected chi connectivity index (χ4v) is 3.65. The monoisotopic (exact) mass is 359 g/mol. The molecular formula is C20H41NO4. The lowest BCUT2D eigenvalue weighted by atomic mass is 10.0. The van der Waals surface area contributed by atoms with Crippen LogP contribution in [0.5, 0.6) is 0 Å². The second kappa shape index (κ2) is 13.0. The number of methoxy groups -OCH3 is 1. The van der Waals surface area contributed by atoms with Crippen molar-refractivity contribution in [2.24, 2.45) is 5.92 Å². The van der Waals surface area contributed by atoms with Crippen LogP contribution in [0.4, 0.5) is 0 Å². The van der Waals surface area contributed by atoms with Gasteiger partial charge in [-0.15, -0.1) is 0 Å². The van der Waals surface area contributed by atoms with Gasteiger partial charge in [-0.25, -0.2) is 0 Å². The molecule has 0 spiro atoms. The maximum Gasteiger partial charge on any atom is 0.168 e. The summed E-state index contributed by atoms with van der Waals surface area (Å²) in [6, 6.07) is 0. The first-order valence-electron chi connectivity index (χ1n) is 10.2. The zero-order valence-electron chi connectivity index (χ0n) is 17.2. The molecule has 2 rings (SSSR count). The summed E-state index contributed by atoms with van der Waals surface area (Å²) in [5.41, 5.74) is 0. The molecule has 2 aliphatic rings. The van der Waals surface area contributed by atoms with Crippen LogP contribution < -0.4 is 0 Å². The number of morpholine rings is 1. The molecule has 3 atom stereocenters. The molecule has 150 valence electrons. The van der Waals surface area contributed by atoms with E-state index in [9.17, 15) is 0 Å². The SMILES string of the molecule is CCC.CCOC1(OC)CCC(CC(C)OCCN2CCOCC2)C1. The predicted molar refractivity (Wildman–Crippen MR) is 102 cm³/mol. The van der Waals surface area contributed by atoms with Crippen molar-refractivity contribution in [1.29, 1.82) is 0 Å². The average molecular weight is 360 g/mol. The second-order valence-corrected chi connectivity index (χ2v) is 7.23. The molecule has 0 bridgehead atoms. The van der Waals surface area contributed by atoms with Crippen LogP contribution in [0.25, 0.3) is 0 Å². The molecule has 1 saturated carbocycles. The van der Waals surface area contributed by atoms with Gasteiger partial charge in [-0.2, -0.15) is 0 Å². The maximum atomic E-state index is 6.00. The molecule has 1 saturated heterocycles. The third-order valence-corrected chi connectivity index (χ3v) is 4.89. The number of hydrogen-bond donors (Lipinski definition) is 0. The molecule has 25 heavy (non-hydrogen) atoms. The number of ether oxygens (including phenoxy) is 4. The van der Waals surface area contributed by atoms with Gasteiger partial charge < -0.3 is 18.9 Å².